The predicted octanol–water partition coefficient (Wildman–Crippen LogP) is 2.98. The van der Waals surface area contributed by atoms with Crippen LogP contribution in [0.4, 0.5) is 0 Å². The molecular weight excluding hydrogens is 251 g/mol. The predicted molar refractivity (Wildman–Crippen MR) is 62.7 cm³/mol. The first-order valence-electron chi connectivity index (χ1n) is 4.83. The molecule has 1 aromatic rings. The lowest BCUT2D eigenvalue weighted by atomic mass is 10.1. The van der Waals surface area contributed by atoms with Crippen LogP contribution < -0.4 is 0 Å². The third-order valence-electron chi connectivity index (χ3n) is 1.99. The monoisotopic (exact) mass is 262 g/mol. The number of esters is 1. The van der Waals surface area contributed by atoms with E-state index in [4.69, 9.17) is 27.9 Å². The molecule has 1 rings (SSSR count). The van der Waals surface area contributed by atoms with Crippen molar-refractivity contribution in [3.05, 3.63) is 33.8 Å². The topological polar surface area (TPSA) is 46.5 Å². The first-order valence-corrected chi connectivity index (χ1v) is 5.58. The van der Waals surface area contributed by atoms with Gasteiger partial charge < -0.3 is 9.84 Å². The second-order valence-electron chi connectivity index (χ2n) is 3.19. The van der Waals surface area contributed by atoms with E-state index in [1.165, 1.54) is 6.07 Å². The summed E-state index contributed by atoms with van der Waals surface area (Å²) < 4.78 is 4.73. The molecule has 0 aromatic heterocycles. The maximum absolute atomic E-state index is 11.2. The minimum atomic E-state index is -0.969. The molecule has 1 atom stereocenters. The highest BCUT2D eigenvalue weighted by Gasteiger charge is 2.16. The molecule has 0 spiro atoms. The number of aliphatic hydroxyl groups excluding tert-OH is 1. The molecule has 1 aromatic carbocycles. The molecule has 0 aliphatic rings. The SMILES string of the molecule is CCOC(=O)C[C@H](O)c1ccc(Cl)cc1Cl. The van der Waals surface area contributed by atoms with Crippen LogP contribution >= 0.6 is 23.2 Å². The molecule has 0 saturated carbocycles. The number of aliphatic hydroxyl groups is 1. The van der Waals surface area contributed by atoms with Crippen LogP contribution in [0.15, 0.2) is 18.2 Å². The van der Waals surface area contributed by atoms with Crippen molar-refractivity contribution in [1.82, 2.24) is 0 Å². The first kappa shape index (κ1) is 13.3. The Morgan fingerprint density at radius 1 is 1.50 bits per heavy atom. The van der Waals surface area contributed by atoms with Gasteiger partial charge in [0.05, 0.1) is 19.1 Å². The van der Waals surface area contributed by atoms with Gasteiger partial charge in [-0.2, -0.15) is 0 Å². The van der Waals surface area contributed by atoms with Crippen LogP contribution in [0, 0.1) is 0 Å². The number of benzene rings is 1. The molecule has 0 aliphatic carbocycles. The summed E-state index contributed by atoms with van der Waals surface area (Å²) in [7, 11) is 0. The van der Waals surface area contributed by atoms with Crippen LogP contribution in [-0.2, 0) is 9.53 Å². The van der Waals surface area contributed by atoms with E-state index in [1.54, 1.807) is 19.1 Å². The number of carbonyl (C=O) groups is 1. The van der Waals surface area contributed by atoms with Gasteiger partial charge in [0.15, 0.2) is 0 Å². The van der Waals surface area contributed by atoms with Gasteiger partial charge in [-0.25, -0.2) is 0 Å². The number of halogens is 2. The Morgan fingerprint density at radius 2 is 2.19 bits per heavy atom. The standard InChI is InChI=1S/C11H12Cl2O3/c1-2-16-11(15)6-10(14)8-4-3-7(12)5-9(8)13/h3-5,10,14H,2,6H2,1H3/t10-/m0/s1. The van der Waals surface area contributed by atoms with E-state index in [0.29, 0.717) is 22.2 Å². The van der Waals surface area contributed by atoms with Gasteiger partial charge in [0, 0.05) is 10.0 Å². The van der Waals surface area contributed by atoms with Crippen LogP contribution in [0.25, 0.3) is 0 Å². The fourth-order valence-electron chi connectivity index (χ4n) is 1.26. The lowest BCUT2D eigenvalue weighted by molar-refractivity contribution is -0.145. The molecular formula is C11H12Cl2O3. The maximum atomic E-state index is 11.2. The highest BCUT2D eigenvalue weighted by atomic mass is 35.5. The minimum Gasteiger partial charge on any atom is -0.466 e. The zero-order chi connectivity index (χ0) is 12.1. The average molecular weight is 263 g/mol. The van der Waals surface area contributed by atoms with E-state index in [0.717, 1.165) is 0 Å². The van der Waals surface area contributed by atoms with Crippen LogP contribution in [0.3, 0.4) is 0 Å². The quantitative estimate of drug-likeness (QED) is 0.849. The van der Waals surface area contributed by atoms with Crippen molar-refractivity contribution >= 4 is 29.2 Å². The molecule has 0 aliphatic heterocycles. The Kier molecular flexibility index (Phi) is 5.06. The molecule has 0 radical (unpaired) electrons. The molecule has 16 heavy (non-hydrogen) atoms. The summed E-state index contributed by atoms with van der Waals surface area (Å²) in [4.78, 5) is 11.2. The van der Waals surface area contributed by atoms with Crippen molar-refractivity contribution in [2.75, 3.05) is 6.61 Å². The van der Waals surface area contributed by atoms with Gasteiger partial charge in [-0.1, -0.05) is 29.3 Å². The van der Waals surface area contributed by atoms with Crippen molar-refractivity contribution < 1.29 is 14.6 Å². The van der Waals surface area contributed by atoms with Gasteiger partial charge in [-0.3, -0.25) is 4.79 Å². The van der Waals surface area contributed by atoms with E-state index in [1.807, 2.05) is 0 Å². The van der Waals surface area contributed by atoms with E-state index >= 15 is 0 Å². The van der Waals surface area contributed by atoms with Gasteiger partial charge in [-0.05, 0) is 24.6 Å². The van der Waals surface area contributed by atoms with Crippen LogP contribution in [0.1, 0.15) is 25.0 Å². The van der Waals surface area contributed by atoms with E-state index < -0.39 is 12.1 Å². The molecule has 0 heterocycles. The lowest BCUT2D eigenvalue weighted by Gasteiger charge is -2.12. The molecule has 0 saturated heterocycles. The Balaban J connectivity index is 2.72. The fourth-order valence-corrected chi connectivity index (χ4v) is 1.79. The summed E-state index contributed by atoms with van der Waals surface area (Å²) in [6.45, 7) is 2.00. The third kappa shape index (κ3) is 3.67. The molecule has 3 nitrogen and oxygen atoms in total. The number of carbonyl (C=O) groups excluding carboxylic acids is 1. The highest BCUT2D eigenvalue weighted by Crippen LogP contribution is 2.28. The van der Waals surface area contributed by atoms with Crippen molar-refractivity contribution in [3.8, 4) is 0 Å². The molecule has 0 fully saturated rings. The second-order valence-corrected chi connectivity index (χ2v) is 4.03. The second kappa shape index (κ2) is 6.09. The van der Waals surface area contributed by atoms with Crippen molar-refractivity contribution in [2.45, 2.75) is 19.4 Å². The van der Waals surface area contributed by atoms with Gasteiger partial charge in [0.2, 0.25) is 0 Å². The third-order valence-corrected chi connectivity index (χ3v) is 2.55. The zero-order valence-corrected chi connectivity index (χ0v) is 10.3. The summed E-state index contributed by atoms with van der Waals surface area (Å²) in [6.07, 6.45) is -1.08. The largest absolute Gasteiger partial charge is 0.466 e. The number of rotatable bonds is 4. The van der Waals surface area contributed by atoms with Gasteiger partial charge in [-0.15, -0.1) is 0 Å². The van der Waals surface area contributed by atoms with Crippen molar-refractivity contribution in [3.63, 3.8) is 0 Å². The number of ether oxygens (including phenoxy) is 1. The zero-order valence-electron chi connectivity index (χ0n) is 8.74. The summed E-state index contributed by atoms with van der Waals surface area (Å²) in [6, 6.07) is 4.72. The summed E-state index contributed by atoms with van der Waals surface area (Å²) in [5.74, 6) is -0.457. The Bertz CT molecular complexity index is 379. The number of hydrogen-bond acceptors (Lipinski definition) is 3. The summed E-state index contributed by atoms with van der Waals surface area (Å²) in [5.41, 5.74) is 0.471. The molecule has 0 bridgehead atoms. The van der Waals surface area contributed by atoms with Gasteiger partial charge >= 0.3 is 5.97 Å². The van der Waals surface area contributed by atoms with Crippen LogP contribution in [-0.4, -0.2) is 17.7 Å². The van der Waals surface area contributed by atoms with E-state index in [-0.39, 0.29) is 6.42 Å². The summed E-state index contributed by atoms with van der Waals surface area (Å²) in [5, 5.41) is 10.6. The molecule has 5 heteroatoms. The molecule has 0 unspecified atom stereocenters. The number of hydrogen-bond donors (Lipinski definition) is 1. The van der Waals surface area contributed by atoms with Crippen molar-refractivity contribution in [2.24, 2.45) is 0 Å². The fraction of sp³-hybridized carbons (Fsp3) is 0.364. The maximum Gasteiger partial charge on any atom is 0.308 e. The van der Waals surface area contributed by atoms with Crippen LogP contribution in [0.2, 0.25) is 10.0 Å². The smallest absolute Gasteiger partial charge is 0.308 e. The van der Waals surface area contributed by atoms with Gasteiger partial charge in [0.25, 0.3) is 0 Å². The molecule has 0 amide bonds. The van der Waals surface area contributed by atoms with E-state index in [2.05, 4.69) is 0 Å². The Morgan fingerprint density at radius 3 is 2.75 bits per heavy atom. The van der Waals surface area contributed by atoms with Crippen LogP contribution in [0.5, 0.6) is 0 Å². The lowest BCUT2D eigenvalue weighted by Crippen LogP contribution is -2.10. The van der Waals surface area contributed by atoms with Gasteiger partial charge in [0.1, 0.15) is 0 Å². The normalized spacial score (nSPS) is 12.2. The van der Waals surface area contributed by atoms with E-state index in [9.17, 15) is 9.90 Å². The average Bonchev–Trinajstić information content (AvgIpc) is 2.17. The summed E-state index contributed by atoms with van der Waals surface area (Å²) >= 11 is 11.6. The minimum absolute atomic E-state index is 0.116. The highest BCUT2D eigenvalue weighted by molar-refractivity contribution is 6.35. The molecule has 88 valence electrons. The molecule has 1 N–H and O–H groups in total. The Hall–Kier alpha value is -0.770. The van der Waals surface area contributed by atoms with Crippen molar-refractivity contribution in [1.29, 1.82) is 0 Å². The Labute approximate surface area is 104 Å². The first-order chi connectivity index (χ1) is 7.54.